The van der Waals surface area contributed by atoms with Crippen LogP contribution in [0.5, 0.6) is 11.6 Å². The Kier molecular flexibility index (Phi) is 18.2. The molecule has 7 amide bonds. The van der Waals surface area contributed by atoms with Gasteiger partial charge in [-0.2, -0.15) is 5.26 Å². The summed E-state index contributed by atoms with van der Waals surface area (Å²) in [6.45, 7) is 2.35. The first-order chi connectivity index (χ1) is 36.1. The number of rotatable bonds is 24. The summed E-state index contributed by atoms with van der Waals surface area (Å²) in [5.41, 5.74) is 4.20. The topological polar surface area (TPSA) is 253 Å². The van der Waals surface area contributed by atoms with Gasteiger partial charge in [0.1, 0.15) is 30.3 Å². The molecule has 20 heteroatoms. The van der Waals surface area contributed by atoms with Crippen LogP contribution in [0.2, 0.25) is 0 Å². The Morgan fingerprint density at radius 1 is 0.716 bits per heavy atom. The molecule has 4 N–H and O–H groups in total. The van der Waals surface area contributed by atoms with Gasteiger partial charge in [-0.25, -0.2) is 14.8 Å². The molecule has 3 aromatic carbocycles. The number of hydrogen-bond acceptors (Lipinski definition) is 15. The van der Waals surface area contributed by atoms with Crippen molar-refractivity contribution in [3.63, 3.8) is 0 Å². The molecule has 74 heavy (non-hydrogen) atoms. The Bertz CT molecular complexity index is 2780. The molecule has 2 aliphatic heterocycles. The molecule has 2 aromatic heterocycles. The Balaban J connectivity index is 0.685. The van der Waals surface area contributed by atoms with Crippen molar-refractivity contribution >= 4 is 47.1 Å². The van der Waals surface area contributed by atoms with Gasteiger partial charge in [0.05, 0.1) is 56.3 Å². The first-order valence-electron chi connectivity index (χ1n) is 24.6. The molecule has 0 spiro atoms. The molecule has 1 aliphatic carbocycles. The number of carbonyl (C=O) groups is 6. The van der Waals surface area contributed by atoms with Crippen LogP contribution in [0, 0.1) is 11.3 Å². The fourth-order valence-corrected chi connectivity index (χ4v) is 8.84. The molecule has 1 saturated carbocycles. The van der Waals surface area contributed by atoms with Gasteiger partial charge in [-0.3, -0.25) is 39.1 Å². The van der Waals surface area contributed by atoms with Gasteiger partial charge in [0.15, 0.2) is 6.61 Å². The minimum absolute atomic E-state index is 0.00141. The first kappa shape index (κ1) is 52.1. The lowest BCUT2D eigenvalue weighted by atomic mass is 9.89. The summed E-state index contributed by atoms with van der Waals surface area (Å²) < 4.78 is 28.1. The number of nitrogens with zero attached hydrogens (tertiary/aromatic N) is 5. The van der Waals surface area contributed by atoms with Crippen LogP contribution in [-0.4, -0.2) is 128 Å². The van der Waals surface area contributed by atoms with Gasteiger partial charge in [0.25, 0.3) is 17.7 Å². The van der Waals surface area contributed by atoms with Gasteiger partial charge in [0, 0.05) is 61.3 Å². The van der Waals surface area contributed by atoms with Crippen molar-refractivity contribution in [1.82, 2.24) is 30.8 Å². The predicted octanol–water partition coefficient (Wildman–Crippen LogP) is 5.18. The third-order valence-electron chi connectivity index (χ3n) is 12.6. The number of amides is 7. The summed E-state index contributed by atoms with van der Waals surface area (Å²) >= 11 is 0. The largest absolute Gasteiger partial charge is 0.483 e. The maximum Gasteiger partial charge on any atom is 0.322 e. The number of ether oxygens (including phenoxy) is 5. The van der Waals surface area contributed by atoms with Gasteiger partial charge in [-0.1, -0.05) is 48.5 Å². The number of aromatic nitrogens is 2. The van der Waals surface area contributed by atoms with Crippen LogP contribution >= 0.6 is 0 Å². The summed E-state index contributed by atoms with van der Waals surface area (Å²) in [7, 11) is 0. The number of nitrogens with one attached hydrogen (secondary N) is 4. The minimum Gasteiger partial charge on any atom is -0.483 e. The normalized spacial score (nSPS) is 17.2. The molecule has 2 fully saturated rings. The average molecular weight is 1010 g/mol. The van der Waals surface area contributed by atoms with E-state index in [1.165, 1.54) is 18.2 Å². The lowest BCUT2D eigenvalue weighted by Crippen LogP contribution is -2.54. The quantitative estimate of drug-likeness (QED) is 0.0459. The van der Waals surface area contributed by atoms with Crippen molar-refractivity contribution < 1.29 is 52.5 Å². The molecule has 8 rings (SSSR count). The SMILES string of the molecule is N#Cc1ccc(NC2CCC(N(C(=O)NCc3ccccc3)c3ccc(-c4ccc(OCCOCCOCCOCCNC(=O)COc5cccc6c5C(=O)N(C5CCC(=O)NC5=O)C6=O)nc4)cc3)CC2)nc1. The van der Waals surface area contributed by atoms with E-state index >= 15 is 0 Å². The van der Waals surface area contributed by atoms with E-state index in [0.717, 1.165) is 58.8 Å². The summed E-state index contributed by atoms with van der Waals surface area (Å²) in [6, 6.07) is 30.6. The Labute approximate surface area is 427 Å². The van der Waals surface area contributed by atoms with Crippen molar-refractivity contribution in [2.75, 3.05) is 69.6 Å². The number of benzene rings is 3. The van der Waals surface area contributed by atoms with Crippen LogP contribution in [0.15, 0.2) is 109 Å². The molecule has 0 radical (unpaired) electrons. The lowest BCUT2D eigenvalue weighted by Gasteiger charge is -2.37. The number of pyridine rings is 2. The highest BCUT2D eigenvalue weighted by Crippen LogP contribution is 2.34. The van der Waals surface area contributed by atoms with Crippen LogP contribution in [0.25, 0.3) is 11.1 Å². The fourth-order valence-electron chi connectivity index (χ4n) is 8.84. The second-order valence-electron chi connectivity index (χ2n) is 17.6. The highest BCUT2D eigenvalue weighted by molar-refractivity contribution is 6.24. The van der Waals surface area contributed by atoms with Crippen LogP contribution in [0.1, 0.15) is 70.4 Å². The minimum atomic E-state index is -1.11. The van der Waals surface area contributed by atoms with Gasteiger partial charge in [-0.05, 0) is 85.7 Å². The molecule has 20 nitrogen and oxygen atoms in total. The smallest absolute Gasteiger partial charge is 0.322 e. The summed E-state index contributed by atoms with van der Waals surface area (Å²) in [5.74, 6) is -1.82. The zero-order valence-electron chi connectivity index (χ0n) is 40.7. The third-order valence-corrected chi connectivity index (χ3v) is 12.6. The summed E-state index contributed by atoms with van der Waals surface area (Å²) in [5, 5.41) is 20.6. The highest BCUT2D eigenvalue weighted by Gasteiger charge is 2.46. The van der Waals surface area contributed by atoms with Crippen molar-refractivity contribution in [3.8, 4) is 28.8 Å². The van der Waals surface area contributed by atoms with Crippen molar-refractivity contribution in [2.24, 2.45) is 0 Å². The number of nitriles is 1. The van der Waals surface area contributed by atoms with E-state index in [4.69, 9.17) is 28.9 Å². The molecule has 1 unspecified atom stereocenters. The lowest BCUT2D eigenvalue weighted by molar-refractivity contribution is -0.136. The van der Waals surface area contributed by atoms with Crippen molar-refractivity contribution in [2.45, 2.75) is 63.2 Å². The number of fused-ring (bicyclic) bond motifs is 1. The first-order valence-corrected chi connectivity index (χ1v) is 24.6. The number of carbonyl (C=O) groups excluding carboxylic acids is 6. The van der Waals surface area contributed by atoms with Crippen LogP contribution in [0.3, 0.4) is 0 Å². The van der Waals surface area contributed by atoms with E-state index in [2.05, 4.69) is 37.3 Å². The Morgan fingerprint density at radius 2 is 1.45 bits per heavy atom. The number of urea groups is 1. The molecule has 1 atom stereocenters. The molecular formula is C54H57N9O11. The third kappa shape index (κ3) is 13.8. The number of piperidine rings is 1. The molecule has 3 aliphatic rings. The number of imide groups is 2. The maximum absolute atomic E-state index is 13.9. The molecule has 1 saturated heterocycles. The van der Waals surface area contributed by atoms with Crippen molar-refractivity contribution in [1.29, 1.82) is 5.26 Å². The molecule has 4 heterocycles. The van der Waals surface area contributed by atoms with Gasteiger partial charge in [-0.15, -0.1) is 0 Å². The fraction of sp³-hybridized carbons (Fsp3) is 0.352. The maximum atomic E-state index is 13.9. The van der Waals surface area contributed by atoms with E-state index in [-0.39, 0.29) is 61.0 Å². The van der Waals surface area contributed by atoms with Crippen LogP contribution in [0.4, 0.5) is 16.3 Å². The zero-order valence-corrected chi connectivity index (χ0v) is 40.7. The zero-order chi connectivity index (χ0) is 51.7. The van der Waals surface area contributed by atoms with E-state index < -0.39 is 42.2 Å². The number of anilines is 2. The van der Waals surface area contributed by atoms with Gasteiger partial charge >= 0.3 is 6.03 Å². The second kappa shape index (κ2) is 25.9. The molecule has 5 aromatic rings. The molecular weight excluding hydrogens is 951 g/mol. The van der Waals surface area contributed by atoms with Gasteiger partial charge in [0.2, 0.25) is 17.7 Å². The Morgan fingerprint density at radius 3 is 2.14 bits per heavy atom. The Hall–Kier alpha value is -8.25. The van der Waals surface area contributed by atoms with E-state index in [9.17, 15) is 28.8 Å². The van der Waals surface area contributed by atoms with Gasteiger partial charge < -0.3 is 39.6 Å². The van der Waals surface area contributed by atoms with E-state index in [0.29, 0.717) is 57.6 Å². The number of hydrogen-bond donors (Lipinski definition) is 4. The summed E-state index contributed by atoms with van der Waals surface area (Å²) in [6.07, 6.45) is 6.66. The van der Waals surface area contributed by atoms with E-state index in [1.807, 2.05) is 71.6 Å². The second-order valence-corrected chi connectivity index (χ2v) is 17.6. The predicted molar refractivity (Wildman–Crippen MR) is 269 cm³/mol. The monoisotopic (exact) mass is 1010 g/mol. The average Bonchev–Trinajstić information content (AvgIpc) is 3.68. The van der Waals surface area contributed by atoms with Crippen LogP contribution < -0.4 is 35.6 Å². The standard InChI is InChI=1S/C54H57N9O11/c55-31-37-9-20-46(57-33-37)60-40-13-17-42(18-14-40)62(54(69)59-32-36-5-2-1-3-6-36)41-15-10-38(11-16-41)39-12-22-49(58-34-39)73-30-29-72-28-27-71-26-25-70-24-23-56-48(65)35-74-45-8-4-7-43-50(45)53(68)63(52(43)67)44-19-21-47(64)61-51(44)66/h1-12,15-16,20,22,33-34,40,42,44H,13-14,17-19,21,23-30,32,35H2,(H,56,65)(H,57,60)(H,59,69)(H,61,64,66). The molecule has 0 bridgehead atoms. The van der Waals surface area contributed by atoms with Crippen LogP contribution in [-0.2, 0) is 35.1 Å². The summed E-state index contributed by atoms with van der Waals surface area (Å²) in [4.78, 5) is 88.1. The van der Waals surface area contributed by atoms with E-state index in [1.54, 1.807) is 24.5 Å². The molecule has 384 valence electrons. The van der Waals surface area contributed by atoms with Crippen molar-refractivity contribution in [3.05, 3.63) is 132 Å². The highest BCUT2D eigenvalue weighted by atomic mass is 16.6.